The zero-order valence-corrected chi connectivity index (χ0v) is 13.0. The van der Waals surface area contributed by atoms with Gasteiger partial charge in [-0.15, -0.1) is 12.4 Å². The number of benzene rings is 1. The lowest BCUT2D eigenvalue weighted by Gasteiger charge is -2.19. The van der Waals surface area contributed by atoms with Crippen molar-refractivity contribution < 1.29 is 14.4 Å². The number of nitro groups is 1. The summed E-state index contributed by atoms with van der Waals surface area (Å²) < 4.78 is 10.3. The van der Waals surface area contributed by atoms with Crippen molar-refractivity contribution >= 4 is 18.1 Å². The minimum Gasteiger partial charge on any atom is -0.493 e. The zero-order chi connectivity index (χ0) is 14.4. The van der Waals surface area contributed by atoms with E-state index in [9.17, 15) is 10.1 Å². The molecule has 0 N–H and O–H groups in total. The highest BCUT2D eigenvalue weighted by molar-refractivity contribution is 5.85. The van der Waals surface area contributed by atoms with Crippen molar-refractivity contribution in [2.75, 3.05) is 27.3 Å². The third-order valence-corrected chi connectivity index (χ3v) is 3.07. The lowest BCUT2D eigenvalue weighted by molar-refractivity contribution is -0.385. The largest absolute Gasteiger partial charge is 0.493 e. The van der Waals surface area contributed by atoms with Gasteiger partial charge in [0.05, 0.1) is 25.2 Å². The molecule has 7 heteroatoms. The molecule has 0 saturated heterocycles. The van der Waals surface area contributed by atoms with Crippen molar-refractivity contribution in [1.82, 2.24) is 4.90 Å². The Morgan fingerprint density at radius 1 is 1.15 bits per heavy atom. The third-order valence-electron chi connectivity index (χ3n) is 3.07. The highest BCUT2D eigenvalue weighted by Gasteiger charge is 2.20. The first kappa shape index (κ1) is 18.5. The maximum Gasteiger partial charge on any atom is 0.277 e. The number of methoxy groups -OCH3 is 2. The minimum absolute atomic E-state index is 0. The van der Waals surface area contributed by atoms with Crippen molar-refractivity contribution in [2.24, 2.45) is 0 Å². The van der Waals surface area contributed by atoms with E-state index in [-0.39, 0.29) is 23.0 Å². The van der Waals surface area contributed by atoms with Crippen LogP contribution >= 0.6 is 12.4 Å². The molecule has 1 aromatic carbocycles. The Morgan fingerprint density at radius 3 is 2.05 bits per heavy atom. The van der Waals surface area contributed by atoms with Crippen LogP contribution in [0, 0.1) is 10.1 Å². The quantitative estimate of drug-likeness (QED) is 0.572. The van der Waals surface area contributed by atoms with Gasteiger partial charge in [-0.3, -0.25) is 15.0 Å². The molecule has 0 spiro atoms. The Kier molecular flexibility index (Phi) is 7.94. The molecule has 0 radical (unpaired) electrons. The number of rotatable bonds is 7. The van der Waals surface area contributed by atoms with Crippen LogP contribution in [0.3, 0.4) is 0 Å². The molecule has 114 valence electrons. The second kappa shape index (κ2) is 8.60. The van der Waals surface area contributed by atoms with E-state index in [4.69, 9.17) is 9.47 Å². The van der Waals surface area contributed by atoms with Crippen LogP contribution in [0.15, 0.2) is 12.1 Å². The molecular formula is C13H21ClN2O4. The highest BCUT2D eigenvalue weighted by Crippen LogP contribution is 2.34. The van der Waals surface area contributed by atoms with Crippen LogP contribution in [0.4, 0.5) is 5.69 Å². The molecule has 6 nitrogen and oxygen atoms in total. The van der Waals surface area contributed by atoms with Gasteiger partial charge in [0.15, 0.2) is 11.5 Å². The molecule has 0 aliphatic heterocycles. The smallest absolute Gasteiger partial charge is 0.277 e. The van der Waals surface area contributed by atoms with Crippen molar-refractivity contribution in [3.63, 3.8) is 0 Å². The molecule has 20 heavy (non-hydrogen) atoms. The molecule has 1 rings (SSSR count). The van der Waals surface area contributed by atoms with Crippen LogP contribution < -0.4 is 9.47 Å². The average molecular weight is 305 g/mol. The summed E-state index contributed by atoms with van der Waals surface area (Å²) in [5.74, 6) is 0.882. The lowest BCUT2D eigenvalue weighted by atomic mass is 10.1. The van der Waals surface area contributed by atoms with E-state index in [1.165, 1.54) is 20.3 Å². The molecule has 0 heterocycles. The Bertz CT molecular complexity index is 450. The maximum atomic E-state index is 11.1. The van der Waals surface area contributed by atoms with Crippen LogP contribution in [0.2, 0.25) is 0 Å². The Hall–Kier alpha value is -1.53. The number of halogens is 1. The average Bonchev–Trinajstić information content (AvgIpc) is 2.43. The van der Waals surface area contributed by atoms with E-state index < -0.39 is 0 Å². The molecule has 0 amide bonds. The summed E-state index contributed by atoms with van der Waals surface area (Å²) in [6.45, 7) is 6.24. The van der Waals surface area contributed by atoms with Gasteiger partial charge in [-0.2, -0.15) is 0 Å². The monoisotopic (exact) mass is 304 g/mol. The topological polar surface area (TPSA) is 64.8 Å². The van der Waals surface area contributed by atoms with E-state index in [0.29, 0.717) is 23.6 Å². The summed E-state index contributed by atoms with van der Waals surface area (Å²) in [7, 11) is 2.98. The van der Waals surface area contributed by atoms with Crippen LogP contribution in [0.25, 0.3) is 0 Å². The minimum atomic E-state index is -0.388. The summed E-state index contributed by atoms with van der Waals surface area (Å²) in [5, 5.41) is 11.1. The van der Waals surface area contributed by atoms with Crippen LogP contribution in [0.1, 0.15) is 19.4 Å². The molecule has 0 unspecified atom stereocenters. The molecule has 0 fully saturated rings. The summed E-state index contributed by atoms with van der Waals surface area (Å²) in [5.41, 5.74) is 0.691. The van der Waals surface area contributed by atoms with Crippen LogP contribution in [-0.2, 0) is 6.54 Å². The SMILES string of the molecule is CCN(CC)Cc1cc(OC)c(OC)cc1[N+](=O)[O-].Cl. The van der Waals surface area contributed by atoms with Crippen molar-refractivity contribution in [1.29, 1.82) is 0 Å². The summed E-state index contributed by atoms with van der Waals surface area (Å²) >= 11 is 0. The van der Waals surface area contributed by atoms with Gasteiger partial charge in [0.25, 0.3) is 5.69 Å². The molecule has 0 atom stereocenters. The molecule has 0 aliphatic carbocycles. The fourth-order valence-corrected chi connectivity index (χ4v) is 1.90. The van der Waals surface area contributed by atoms with E-state index in [0.717, 1.165) is 13.1 Å². The van der Waals surface area contributed by atoms with Gasteiger partial charge in [0.2, 0.25) is 0 Å². The Morgan fingerprint density at radius 2 is 1.65 bits per heavy atom. The van der Waals surface area contributed by atoms with Crippen LogP contribution in [-0.4, -0.2) is 37.1 Å². The van der Waals surface area contributed by atoms with Crippen molar-refractivity contribution in [3.8, 4) is 11.5 Å². The first-order valence-corrected chi connectivity index (χ1v) is 6.18. The lowest BCUT2D eigenvalue weighted by Crippen LogP contribution is -2.22. The second-order valence-electron chi connectivity index (χ2n) is 4.05. The number of hydrogen-bond donors (Lipinski definition) is 0. The Labute approximate surface area is 125 Å². The van der Waals surface area contributed by atoms with Gasteiger partial charge in [-0.05, 0) is 19.2 Å². The van der Waals surface area contributed by atoms with E-state index in [2.05, 4.69) is 4.90 Å². The van der Waals surface area contributed by atoms with Crippen molar-refractivity contribution in [3.05, 3.63) is 27.8 Å². The van der Waals surface area contributed by atoms with Gasteiger partial charge in [0, 0.05) is 12.1 Å². The number of nitro benzene ring substituents is 1. The highest BCUT2D eigenvalue weighted by atomic mass is 35.5. The van der Waals surface area contributed by atoms with Gasteiger partial charge in [0.1, 0.15) is 0 Å². The van der Waals surface area contributed by atoms with E-state index in [1.807, 2.05) is 13.8 Å². The normalized spacial score (nSPS) is 10.1. The van der Waals surface area contributed by atoms with Crippen LogP contribution in [0.5, 0.6) is 11.5 Å². The standard InChI is InChI=1S/C13H20N2O4.ClH/c1-5-14(6-2)9-10-7-12(18-3)13(19-4)8-11(10)15(16)17;/h7-8H,5-6,9H2,1-4H3;1H. The van der Waals surface area contributed by atoms with Gasteiger partial charge in [-0.1, -0.05) is 13.8 Å². The fraction of sp³-hybridized carbons (Fsp3) is 0.538. The molecule has 0 bridgehead atoms. The molecule has 1 aromatic rings. The summed E-state index contributed by atoms with van der Waals surface area (Å²) in [6.07, 6.45) is 0. The second-order valence-corrected chi connectivity index (χ2v) is 4.05. The summed E-state index contributed by atoms with van der Waals surface area (Å²) in [6, 6.07) is 3.09. The van der Waals surface area contributed by atoms with Gasteiger partial charge >= 0.3 is 0 Å². The van der Waals surface area contributed by atoms with Gasteiger partial charge in [-0.25, -0.2) is 0 Å². The predicted molar refractivity (Wildman–Crippen MR) is 80.1 cm³/mol. The summed E-state index contributed by atoms with van der Waals surface area (Å²) in [4.78, 5) is 12.9. The third kappa shape index (κ3) is 4.25. The van der Waals surface area contributed by atoms with E-state index in [1.54, 1.807) is 6.07 Å². The van der Waals surface area contributed by atoms with E-state index >= 15 is 0 Å². The maximum absolute atomic E-state index is 11.1. The zero-order valence-electron chi connectivity index (χ0n) is 12.2. The molecule has 0 aliphatic rings. The number of nitrogens with zero attached hydrogens (tertiary/aromatic N) is 2. The first-order chi connectivity index (χ1) is 9.07. The molecule has 0 aromatic heterocycles. The Balaban J connectivity index is 0.00000361. The number of hydrogen-bond acceptors (Lipinski definition) is 5. The van der Waals surface area contributed by atoms with Crippen molar-refractivity contribution in [2.45, 2.75) is 20.4 Å². The van der Waals surface area contributed by atoms with Gasteiger partial charge < -0.3 is 9.47 Å². The number of ether oxygens (including phenoxy) is 2. The predicted octanol–water partition coefficient (Wildman–Crippen LogP) is 2.88. The fourth-order valence-electron chi connectivity index (χ4n) is 1.90. The first-order valence-electron chi connectivity index (χ1n) is 6.18. The molecular weight excluding hydrogens is 284 g/mol. The molecule has 0 saturated carbocycles.